The Morgan fingerprint density at radius 3 is 2.33 bits per heavy atom. The van der Waals surface area contributed by atoms with E-state index in [4.69, 9.17) is 10.4 Å². The Morgan fingerprint density at radius 1 is 1.33 bits per heavy atom. The number of nitrogens with one attached hydrogen (secondary N) is 1. The molecule has 0 saturated carbocycles. The molecule has 0 saturated heterocycles. The van der Waals surface area contributed by atoms with Crippen molar-refractivity contribution < 1.29 is 13.9 Å². The maximum absolute atomic E-state index is 13.5. The topological polar surface area (TPSA) is 56.0 Å². The first-order valence-electron chi connectivity index (χ1n) is 5.59. The van der Waals surface area contributed by atoms with Gasteiger partial charge in [-0.3, -0.25) is 0 Å². The lowest BCUT2D eigenvalue weighted by molar-refractivity contribution is 0.156. The fourth-order valence-electron chi connectivity index (χ4n) is 1.42. The molecule has 0 bridgehead atoms. The highest BCUT2D eigenvalue weighted by atomic mass is 19.1. The Morgan fingerprint density at radius 2 is 1.89 bits per heavy atom. The van der Waals surface area contributed by atoms with Crippen LogP contribution in [0.15, 0.2) is 12.1 Å². The fourth-order valence-corrected chi connectivity index (χ4v) is 1.42. The number of aliphatic hydroxyl groups is 1. The summed E-state index contributed by atoms with van der Waals surface area (Å²) in [5.74, 6) is -1.47. The summed E-state index contributed by atoms with van der Waals surface area (Å²) >= 11 is 0. The molecule has 0 amide bonds. The second kappa shape index (κ2) is 5.89. The van der Waals surface area contributed by atoms with E-state index in [0.717, 1.165) is 12.1 Å². The van der Waals surface area contributed by atoms with Gasteiger partial charge in [0.25, 0.3) is 0 Å². The summed E-state index contributed by atoms with van der Waals surface area (Å²) in [6, 6.07) is 3.71. The van der Waals surface area contributed by atoms with Crippen molar-refractivity contribution in [2.75, 3.05) is 13.2 Å². The normalized spacial score (nSPS) is 11.3. The first-order chi connectivity index (χ1) is 8.39. The second-order valence-electron chi connectivity index (χ2n) is 4.96. The lowest BCUT2D eigenvalue weighted by Crippen LogP contribution is -2.32. The van der Waals surface area contributed by atoms with E-state index in [-0.39, 0.29) is 29.7 Å². The van der Waals surface area contributed by atoms with Gasteiger partial charge in [0.2, 0.25) is 0 Å². The van der Waals surface area contributed by atoms with E-state index in [9.17, 15) is 8.78 Å². The number of aliphatic hydroxyl groups excluding tert-OH is 1. The molecule has 0 unspecified atom stereocenters. The van der Waals surface area contributed by atoms with E-state index < -0.39 is 11.6 Å². The van der Waals surface area contributed by atoms with Gasteiger partial charge in [-0.05, 0) is 12.1 Å². The van der Waals surface area contributed by atoms with Crippen molar-refractivity contribution in [3.05, 3.63) is 34.9 Å². The zero-order valence-corrected chi connectivity index (χ0v) is 10.4. The van der Waals surface area contributed by atoms with Crippen LogP contribution in [0.4, 0.5) is 8.78 Å². The minimum absolute atomic E-state index is 0.0155. The molecule has 0 atom stereocenters. The third-order valence-electron chi connectivity index (χ3n) is 2.60. The summed E-state index contributed by atoms with van der Waals surface area (Å²) in [6.07, 6.45) is 0. The van der Waals surface area contributed by atoms with Crippen LogP contribution in [0.1, 0.15) is 25.0 Å². The van der Waals surface area contributed by atoms with E-state index in [2.05, 4.69) is 5.32 Å². The van der Waals surface area contributed by atoms with Gasteiger partial charge in [0.1, 0.15) is 11.6 Å². The van der Waals surface area contributed by atoms with E-state index >= 15 is 0 Å². The van der Waals surface area contributed by atoms with Crippen LogP contribution in [0.2, 0.25) is 0 Å². The molecule has 0 spiro atoms. The summed E-state index contributed by atoms with van der Waals surface area (Å²) < 4.78 is 27.0. The van der Waals surface area contributed by atoms with Gasteiger partial charge in [-0.2, -0.15) is 5.26 Å². The molecule has 5 heteroatoms. The molecule has 0 radical (unpaired) electrons. The summed E-state index contributed by atoms with van der Waals surface area (Å²) in [6.45, 7) is 4.12. The minimum atomic E-state index is -0.735. The third-order valence-corrected chi connectivity index (χ3v) is 2.60. The van der Waals surface area contributed by atoms with Crippen LogP contribution < -0.4 is 5.32 Å². The van der Waals surface area contributed by atoms with Crippen LogP contribution in [0.25, 0.3) is 0 Å². The Hall–Kier alpha value is -1.51. The molecule has 18 heavy (non-hydrogen) atoms. The van der Waals surface area contributed by atoms with Crippen LogP contribution in [-0.4, -0.2) is 18.3 Å². The number of nitrogens with zero attached hydrogens (tertiary/aromatic N) is 1. The van der Waals surface area contributed by atoms with Gasteiger partial charge in [0.05, 0.1) is 11.6 Å². The molecule has 98 valence electrons. The molecule has 0 aliphatic heterocycles. The van der Waals surface area contributed by atoms with Crippen molar-refractivity contribution in [2.24, 2.45) is 5.41 Å². The van der Waals surface area contributed by atoms with Crippen LogP contribution >= 0.6 is 0 Å². The monoisotopic (exact) mass is 254 g/mol. The molecule has 0 aromatic heterocycles. The Balaban J connectivity index is 2.72. The van der Waals surface area contributed by atoms with E-state index in [0.29, 0.717) is 6.54 Å². The molecule has 0 aliphatic carbocycles. The highest BCUT2D eigenvalue weighted by molar-refractivity contribution is 5.34. The molecule has 2 N–H and O–H groups in total. The third kappa shape index (κ3) is 3.76. The summed E-state index contributed by atoms with van der Waals surface area (Å²) in [5, 5.41) is 20.5. The standard InChI is InChI=1S/C13H16F2N2O/c1-13(2,8-18)7-17-6-10-11(14)3-9(5-16)4-12(10)15/h3-4,17-18H,6-8H2,1-2H3. The first-order valence-corrected chi connectivity index (χ1v) is 5.59. The Labute approximate surface area is 105 Å². The van der Waals surface area contributed by atoms with Crippen LogP contribution in [0.3, 0.4) is 0 Å². The average molecular weight is 254 g/mol. The first kappa shape index (κ1) is 14.6. The lowest BCUT2D eigenvalue weighted by Gasteiger charge is -2.22. The van der Waals surface area contributed by atoms with E-state index in [1.807, 2.05) is 13.8 Å². The molecule has 0 heterocycles. The highest BCUT2D eigenvalue weighted by Gasteiger charge is 2.17. The van der Waals surface area contributed by atoms with Crippen LogP contribution in [0.5, 0.6) is 0 Å². The summed E-state index contributed by atoms with van der Waals surface area (Å²) in [7, 11) is 0. The minimum Gasteiger partial charge on any atom is -0.396 e. The predicted octanol–water partition coefficient (Wildman–Crippen LogP) is 1.94. The van der Waals surface area contributed by atoms with Crippen LogP contribution in [0, 0.1) is 28.4 Å². The molecule has 1 aromatic rings. The summed E-state index contributed by atoms with van der Waals surface area (Å²) in [4.78, 5) is 0. The van der Waals surface area contributed by atoms with Crippen molar-refractivity contribution in [2.45, 2.75) is 20.4 Å². The average Bonchev–Trinajstić information content (AvgIpc) is 2.32. The van der Waals surface area contributed by atoms with Gasteiger partial charge in [-0.25, -0.2) is 8.78 Å². The van der Waals surface area contributed by atoms with Gasteiger partial charge < -0.3 is 10.4 Å². The molecular formula is C13H16F2N2O. The van der Waals surface area contributed by atoms with Gasteiger partial charge in [0, 0.05) is 30.7 Å². The Kier molecular flexibility index (Phi) is 4.76. The van der Waals surface area contributed by atoms with Crippen molar-refractivity contribution in [1.29, 1.82) is 5.26 Å². The van der Waals surface area contributed by atoms with Gasteiger partial charge in [0.15, 0.2) is 0 Å². The molecule has 3 nitrogen and oxygen atoms in total. The smallest absolute Gasteiger partial charge is 0.131 e. The Bertz CT molecular complexity index is 444. The maximum Gasteiger partial charge on any atom is 0.131 e. The number of benzene rings is 1. The predicted molar refractivity (Wildman–Crippen MR) is 63.6 cm³/mol. The highest BCUT2D eigenvalue weighted by Crippen LogP contribution is 2.16. The van der Waals surface area contributed by atoms with Crippen molar-refractivity contribution in [3.63, 3.8) is 0 Å². The van der Waals surface area contributed by atoms with Gasteiger partial charge >= 0.3 is 0 Å². The molecule has 0 aliphatic rings. The second-order valence-corrected chi connectivity index (χ2v) is 4.96. The summed E-state index contributed by atoms with van der Waals surface area (Å²) in [5.41, 5.74) is -0.480. The zero-order chi connectivity index (χ0) is 13.8. The largest absolute Gasteiger partial charge is 0.396 e. The van der Waals surface area contributed by atoms with Crippen molar-refractivity contribution in [1.82, 2.24) is 5.32 Å². The van der Waals surface area contributed by atoms with Crippen LogP contribution in [-0.2, 0) is 6.54 Å². The lowest BCUT2D eigenvalue weighted by atomic mass is 9.95. The number of halogens is 2. The quantitative estimate of drug-likeness (QED) is 0.844. The number of hydrogen-bond donors (Lipinski definition) is 2. The van der Waals surface area contributed by atoms with Crippen molar-refractivity contribution >= 4 is 0 Å². The maximum atomic E-state index is 13.5. The molecule has 1 rings (SSSR count). The SMILES string of the molecule is CC(C)(CO)CNCc1c(F)cc(C#N)cc1F. The molecular weight excluding hydrogens is 238 g/mol. The number of hydrogen-bond acceptors (Lipinski definition) is 3. The van der Waals surface area contributed by atoms with E-state index in [1.54, 1.807) is 6.07 Å². The van der Waals surface area contributed by atoms with Gasteiger partial charge in [-0.1, -0.05) is 13.8 Å². The molecule has 1 aromatic carbocycles. The van der Waals surface area contributed by atoms with Gasteiger partial charge in [-0.15, -0.1) is 0 Å². The molecule has 0 fully saturated rings. The zero-order valence-electron chi connectivity index (χ0n) is 10.4. The fraction of sp³-hybridized carbons (Fsp3) is 0.462. The number of nitriles is 1. The number of rotatable bonds is 5. The van der Waals surface area contributed by atoms with E-state index in [1.165, 1.54) is 0 Å². The van der Waals surface area contributed by atoms with Crippen molar-refractivity contribution in [3.8, 4) is 6.07 Å².